The first-order valence-electron chi connectivity index (χ1n) is 17.0. The monoisotopic (exact) mass is 680 g/mol. The molecule has 0 spiro atoms. The topological polar surface area (TPSA) is 141 Å². The second-order valence-electron chi connectivity index (χ2n) is 12.2. The average molecular weight is 681 g/mol. The quantitative estimate of drug-likeness (QED) is 0.0332. The largest absolute Gasteiger partial charge is 0.494 e. The molecule has 10 heteroatoms. The van der Waals surface area contributed by atoms with Crippen molar-refractivity contribution in [2.24, 2.45) is 10.1 Å². The number of hydrogen-bond acceptors (Lipinski definition) is 7. The van der Waals surface area contributed by atoms with Gasteiger partial charge in [-0.25, -0.2) is 10.4 Å². The first-order valence-corrected chi connectivity index (χ1v) is 17.0. The van der Waals surface area contributed by atoms with E-state index in [1.807, 2.05) is 115 Å². The molecular formula is C41H40N6O4. The fourth-order valence-corrected chi connectivity index (χ4v) is 6.33. The van der Waals surface area contributed by atoms with Gasteiger partial charge in [-0.1, -0.05) is 120 Å². The summed E-state index contributed by atoms with van der Waals surface area (Å²) < 4.78 is 12.4. The molecule has 5 aromatic carbocycles. The molecule has 1 heterocycles. The number of ether oxygens (including phenoxy) is 2. The molecule has 10 nitrogen and oxygen atoms in total. The van der Waals surface area contributed by atoms with E-state index >= 15 is 0 Å². The van der Waals surface area contributed by atoms with E-state index in [1.54, 1.807) is 0 Å². The number of nitrogens with one attached hydrogen (secondary N) is 2. The second-order valence-corrected chi connectivity index (χ2v) is 12.2. The lowest BCUT2D eigenvalue weighted by atomic mass is 9.81. The lowest BCUT2D eigenvalue weighted by molar-refractivity contribution is -0.130. The zero-order valence-electron chi connectivity index (χ0n) is 28.1. The molecule has 1 amide bonds. The molecule has 0 radical (unpaired) electrons. The number of aliphatic imine (C=N–C) groups is 1. The predicted octanol–water partition coefficient (Wildman–Crippen LogP) is 7.21. The predicted molar refractivity (Wildman–Crippen MR) is 197 cm³/mol. The summed E-state index contributed by atoms with van der Waals surface area (Å²) in [5.74, 6) is 0.570. The zero-order valence-corrected chi connectivity index (χ0v) is 28.1. The van der Waals surface area contributed by atoms with Crippen LogP contribution >= 0.6 is 0 Å². The van der Waals surface area contributed by atoms with Crippen LogP contribution in [0.3, 0.4) is 0 Å². The van der Waals surface area contributed by atoms with Crippen LogP contribution in [0.2, 0.25) is 0 Å². The highest BCUT2D eigenvalue weighted by Crippen LogP contribution is 2.43. The summed E-state index contributed by atoms with van der Waals surface area (Å²) >= 11 is 0. The maximum absolute atomic E-state index is 14.8. The molecule has 2 atom stereocenters. The number of rotatable bonds is 16. The van der Waals surface area contributed by atoms with E-state index < -0.39 is 11.6 Å². The molecule has 0 unspecified atom stereocenters. The number of hydrazine groups is 1. The first-order chi connectivity index (χ1) is 25.1. The van der Waals surface area contributed by atoms with Gasteiger partial charge >= 0.3 is 0 Å². The highest BCUT2D eigenvalue weighted by molar-refractivity contribution is 6.01. The highest BCUT2D eigenvalue weighted by atomic mass is 16.5. The number of hydrogen-bond donors (Lipinski definition) is 3. The van der Waals surface area contributed by atoms with Gasteiger partial charge in [0.1, 0.15) is 5.75 Å². The summed E-state index contributed by atoms with van der Waals surface area (Å²) in [6.45, 7) is 0.996. The van der Waals surface area contributed by atoms with E-state index in [-0.39, 0.29) is 31.4 Å². The van der Waals surface area contributed by atoms with Crippen LogP contribution < -0.4 is 15.6 Å². The lowest BCUT2D eigenvalue weighted by Crippen LogP contribution is -2.54. The fourth-order valence-electron chi connectivity index (χ4n) is 6.33. The van der Waals surface area contributed by atoms with Crippen LogP contribution in [0.25, 0.3) is 10.4 Å². The number of azide groups is 1. The van der Waals surface area contributed by atoms with Gasteiger partial charge in [0.25, 0.3) is 5.91 Å². The molecule has 1 aliphatic rings. The number of benzene rings is 5. The van der Waals surface area contributed by atoms with Gasteiger partial charge < -0.3 is 14.6 Å². The minimum absolute atomic E-state index is 0.0323. The fraction of sp³-hybridized carbons (Fsp3) is 0.220. The molecule has 0 aliphatic carbocycles. The van der Waals surface area contributed by atoms with Crippen molar-refractivity contribution in [3.63, 3.8) is 0 Å². The molecule has 1 aliphatic heterocycles. The normalized spacial score (nSPS) is 16.5. The molecule has 0 saturated heterocycles. The van der Waals surface area contributed by atoms with Crippen molar-refractivity contribution in [2.45, 2.75) is 36.9 Å². The van der Waals surface area contributed by atoms with Gasteiger partial charge in [-0.3, -0.25) is 10.2 Å². The summed E-state index contributed by atoms with van der Waals surface area (Å²) in [6.07, 6.45) is -0.0905. The Morgan fingerprint density at radius 2 is 1.47 bits per heavy atom. The molecular weight excluding hydrogens is 640 g/mol. The SMILES string of the molecule is [N-]=[N+]=NCc1ccccc1C[C@]1(C(=O)NNCC(c2ccccc2)c2ccccc2)N=C(c2ccc(OCCCO)cc2)O[C@H]1c1ccccc1. The van der Waals surface area contributed by atoms with Crippen molar-refractivity contribution in [3.05, 3.63) is 183 Å². The minimum Gasteiger partial charge on any atom is -0.494 e. The van der Waals surface area contributed by atoms with Crippen LogP contribution in [-0.2, 0) is 22.5 Å². The van der Waals surface area contributed by atoms with E-state index in [1.165, 1.54) is 0 Å². The smallest absolute Gasteiger partial charge is 0.266 e. The molecule has 0 saturated carbocycles. The molecule has 3 N–H and O–H groups in total. The Morgan fingerprint density at radius 3 is 2.10 bits per heavy atom. The number of amides is 1. The number of aliphatic hydroxyl groups is 1. The van der Waals surface area contributed by atoms with E-state index in [0.717, 1.165) is 27.8 Å². The Kier molecular flexibility index (Phi) is 11.7. The van der Waals surface area contributed by atoms with E-state index in [9.17, 15) is 4.79 Å². The second kappa shape index (κ2) is 17.1. The third kappa shape index (κ3) is 8.45. The van der Waals surface area contributed by atoms with Gasteiger partial charge in [0.2, 0.25) is 5.90 Å². The third-order valence-electron chi connectivity index (χ3n) is 8.93. The van der Waals surface area contributed by atoms with Gasteiger partial charge in [-0.05, 0) is 57.6 Å². The molecule has 0 aromatic heterocycles. The zero-order chi connectivity index (χ0) is 35.3. The first kappa shape index (κ1) is 34.9. The van der Waals surface area contributed by atoms with Gasteiger partial charge in [-0.2, -0.15) is 0 Å². The summed E-state index contributed by atoms with van der Waals surface area (Å²) in [7, 11) is 0. The van der Waals surface area contributed by atoms with E-state index in [0.29, 0.717) is 36.8 Å². The maximum atomic E-state index is 14.8. The summed E-state index contributed by atoms with van der Waals surface area (Å²) in [5, 5.41) is 12.9. The van der Waals surface area contributed by atoms with E-state index in [4.69, 9.17) is 25.1 Å². The standard InChI is InChI=1S/C41H40N6O4/c42-47-44-28-35-20-11-10-19-34(35)27-41(40(49)46-43-29-37(30-13-4-1-5-14-30)31-15-6-2-7-16-31)38(32-17-8-3-9-18-32)51-39(45-41)33-21-23-36(24-22-33)50-26-12-25-48/h1-11,13-24,37-38,43,48H,12,25-29H2,(H,46,49)/t38-,41-/m0/s1. The van der Waals surface area contributed by atoms with E-state index in [2.05, 4.69) is 45.1 Å². The van der Waals surface area contributed by atoms with Crippen LogP contribution in [0.1, 0.15) is 51.8 Å². The van der Waals surface area contributed by atoms with Crippen molar-refractivity contribution in [3.8, 4) is 5.75 Å². The van der Waals surface area contributed by atoms with Crippen LogP contribution in [0.15, 0.2) is 150 Å². The Hall–Kier alpha value is -5.93. The van der Waals surface area contributed by atoms with Crippen molar-refractivity contribution in [2.75, 3.05) is 19.8 Å². The van der Waals surface area contributed by atoms with Gasteiger partial charge in [0.05, 0.1) is 13.2 Å². The lowest BCUT2D eigenvalue weighted by Gasteiger charge is -2.31. The Morgan fingerprint density at radius 1 is 0.863 bits per heavy atom. The molecule has 6 rings (SSSR count). The summed E-state index contributed by atoms with van der Waals surface area (Å²) in [5.41, 5.74) is 19.2. The van der Waals surface area contributed by atoms with Crippen molar-refractivity contribution >= 4 is 11.8 Å². The van der Waals surface area contributed by atoms with Crippen LogP contribution in [0.5, 0.6) is 5.75 Å². The Bertz CT molecular complexity index is 1910. The van der Waals surface area contributed by atoms with Crippen LogP contribution in [0.4, 0.5) is 0 Å². The summed E-state index contributed by atoms with van der Waals surface area (Å²) in [4.78, 5) is 22.9. The molecule has 5 aromatic rings. The number of aliphatic hydroxyl groups excluding tert-OH is 1. The van der Waals surface area contributed by atoms with Crippen molar-refractivity contribution < 1.29 is 19.4 Å². The minimum atomic E-state index is -1.46. The number of carbonyl (C=O) groups excluding carboxylic acids is 1. The van der Waals surface area contributed by atoms with Gasteiger partial charge in [-0.15, -0.1) is 0 Å². The average Bonchev–Trinajstić information content (AvgIpc) is 3.58. The summed E-state index contributed by atoms with van der Waals surface area (Å²) in [6, 6.07) is 44.9. The van der Waals surface area contributed by atoms with Gasteiger partial charge in [0.15, 0.2) is 11.6 Å². The molecule has 0 bridgehead atoms. The maximum Gasteiger partial charge on any atom is 0.266 e. The van der Waals surface area contributed by atoms with Crippen LogP contribution in [0, 0.1) is 0 Å². The van der Waals surface area contributed by atoms with Crippen LogP contribution in [-0.4, -0.2) is 42.2 Å². The number of nitrogens with zero attached hydrogens (tertiary/aromatic N) is 4. The number of carbonyl (C=O) groups is 1. The van der Waals surface area contributed by atoms with Crippen molar-refractivity contribution in [1.29, 1.82) is 0 Å². The van der Waals surface area contributed by atoms with Crippen molar-refractivity contribution in [1.82, 2.24) is 10.9 Å². The molecule has 258 valence electrons. The van der Waals surface area contributed by atoms with Gasteiger partial charge in [0, 0.05) is 42.4 Å². The highest BCUT2D eigenvalue weighted by Gasteiger charge is 2.53. The Labute approximate surface area is 297 Å². The Balaban J connectivity index is 1.37. The third-order valence-corrected chi connectivity index (χ3v) is 8.93. The molecule has 51 heavy (non-hydrogen) atoms. The molecule has 0 fully saturated rings.